The maximum atomic E-state index is 4.52. The Bertz CT molecular complexity index is 473. The number of likely N-dealkylation sites (N-methyl/N-ethyl adjacent to an activating group) is 1. The second-order valence-corrected chi connectivity index (χ2v) is 4.57. The van der Waals surface area contributed by atoms with Crippen molar-refractivity contribution in [2.24, 2.45) is 0 Å². The van der Waals surface area contributed by atoms with Gasteiger partial charge in [0.2, 0.25) is 5.78 Å². The van der Waals surface area contributed by atoms with E-state index in [9.17, 15) is 0 Å². The van der Waals surface area contributed by atoms with Gasteiger partial charge in [-0.3, -0.25) is 9.30 Å². The first-order valence-corrected chi connectivity index (χ1v) is 6.03. The summed E-state index contributed by atoms with van der Waals surface area (Å²) >= 11 is 0. The Morgan fingerprint density at radius 3 is 3.24 bits per heavy atom. The van der Waals surface area contributed by atoms with E-state index in [1.165, 1.54) is 6.42 Å². The molecule has 0 bridgehead atoms. The van der Waals surface area contributed by atoms with Crippen molar-refractivity contribution in [1.82, 2.24) is 24.6 Å². The molecule has 0 aliphatic carbocycles. The largest absolute Gasteiger partial charge is 0.316 e. The molecular weight excluding hydrogens is 214 g/mol. The van der Waals surface area contributed by atoms with Gasteiger partial charge in [-0.2, -0.15) is 0 Å². The Morgan fingerprint density at radius 2 is 2.47 bits per heavy atom. The summed E-state index contributed by atoms with van der Waals surface area (Å²) in [6.07, 6.45) is 7.05. The minimum atomic E-state index is 0.630. The van der Waals surface area contributed by atoms with Crippen LogP contribution in [0, 0.1) is 0 Å². The molecule has 0 saturated carbocycles. The Labute approximate surface area is 100 Å². The molecule has 1 unspecified atom stereocenters. The summed E-state index contributed by atoms with van der Waals surface area (Å²) in [5.74, 6) is 0.784. The lowest BCUT2D eigenvalue weighted by Gasteiger charge is -2.13. The van der Waals surface area contributed by atoms with E-state index in [2.05, 4.69) is 26.4 Å². The Morgan fingerprint density at radius 1 is 1.53 bits per heavy atom. The quantitative estimate of drug-likeness (QED) is 0.836. The summed E-state index contributed by atoms with van der Waals surface area (Å²) in [5, 5.41) is 3.33. The van der Waals surface area contributed by atoms with Gasteiger partial charge in [-0.15, -0.1) is 0 Å². The molecule has 1 aliphatic heterocycles. The number of likely N-dealkylation sites (tertiary alicyclic amines) is 1. The molecule has 1 N–H and O–H groups in total. The summed E-state index contributed by atoms with van der Waals surface area (Å²) in [4.78, 5) is 11.2. The maximum Gasteiger partial charge on any atom is 0.233 e. The average molecular weight is 231 g/mol. The molecule has 1 aliphatic rings. The normalized spacial score (nSPS) is 21.4. The first kappa shape index (κ1) is 10.7. The molecule has 3 rings (SSSR count). The number of nitrogens with one attached hydrogen (secondary N) is 1. The minimum Gasteiger partial charge on any atom is -0.316 e. The van der Waals surface area contributed by atoms with E-state index in [0.717, 1.165) is 31.1 Å². The summed E-state index contributed by atoms with van der Waals surface area (Å²) in [7, 11) is 2.03. The molecule has 1 atom stereocenters. The fourth-order valence-corrected chi connectivity index (χ4v) is 2.40. The number of nitrogens with zero attached hydrogens (tertiary/aromatic N) is 4. The molecule has 2 aromatic heterocycles. The first-order valence-electron chi connectivity index (χ1n) is 6.03. The van der Waals surface area contributed by atoms with Crippen molar-refractivity contribution >= 4 is 5.78 Å². The maximum absolute atomic E-state index is 4.52. The van der Waals surface area contributed by atoms with Gasteiger partial charge >= 0.3 is 0 Å². The standard InChI is InChI=1S/C12H17N5/c1-13-10-3-6-16(7-10)8-11-9-17-5-2-4-14-12(17)15-11/h2,4-5,9-10,13H,3,6-8H2,1H3. The average Bonchev–Trinajstić information content (AvgIpc) is 2.94. The van der Waals surface area contributed by atoms with Crippen LogP contribution in [0.15, 0.2) is 24.7 Å². The van der Waals surface area contributed by atoms with Gasteiger partial charge < -0.3 is 5.32 Å². The molecular formula is C12H17N5. The highest BCUT2D eigenvalue weighted by atomic mass is 15.2. The van der Waals surface area contributed by atoms with Gasteiger partial charge in [0.05, 0.1) is 5.69 Å². The molecule has 2 aromatic rings. The highest BCUT2D eigenvalue weighted by Gasteiger charge is 2.21. The monoisotopic (exact) mass is 231 g/mol. The summed E-state index contributed by atoms with van der Waals surface area (Å²) in [6, 6.07) is 2.55. The van der Waals surface area contributed by atoms with Crippen LogP contribution < -0.4 is 5.32 Å². The number of hydrogen-bond donors (Lipinski definition) is 1. The van der Waals surface area contributed by atoms with Crippen LogP contribution in [-0.2, 0) is 6.54 Å². The van der Waals surface area contributed by atoms with Crippen molar-refractivity contribution in [1.29, 1.82) is 0 Å². The van der Waals surface area contributed by atoms with Crippen molar-refractivity contribution in [3.05, 3.63) is 30.4 Å². The second kappa shape index (κ2) is 4.43. The zero-order chi connectivity index (χ0) is 11.7. The summed E-state index contributed by atoms with van der Waals surface area (Å²) in [6.45, 7) is 3.17. The number of imidazole rings is 1. The molecule has 17 heavy (non-hydrogen) atoms. The Kier molecular flexibility index (Phi) is 2.78. The summed E-state index contributed by atoms with van der Waals surface area (Å²) < 4.78 is 1.97. The Balaban J connectivity index is 1.73. The molecule has 0 amide bonds. The van der Waals surface area contributed by atoms with Crippen LogP contribution in [0.3, 0.4) is 0 Å². The molecule has 0 aromatic carbocycles. The molecule has 0 spiro atoms. The first-order chi connectivity index (χ1) is 8.35. The van der Waals surface area contributed by atoms with E-state index in [0.29, 0.717) is 6.04 Å². The van der Waals surface area contributed by atoms with Gasteiger partial charge in [0.25, 0.3) is 0 Å². The predicted octanol–water partition coefficient (Wildman–Crippen LogP) is 0.523. The highest BCUT2D eigenvalue weighted by molar-refractivity contribution is 5.29. The third-order valence-corrected chi connectivity index (χ3v) is 3.35. The zero-order valence-corrected chi connectivity index (χ0v) is 10.0. The number of fused-ring (bicyclic) bond motifs is 1. The van der Waals surface area contributed by atoms with E-state index in [1.54, 1.807) is 6.20 Å². The lowest BCUT2D eigenvalue weighted by atomic mass is 10.3. The van der Waals surface area contributed by atoms with Gasteiger partial charge in [0, 0.05) is 44.3 Å². The number of hydrogen-bond acceptors (Lipinski definition) is 4. The van der Waals surface area contributed by atoms with E-state index in [1.807, 2.05) is 23.7 Å². The molecule has 1 fully saturated rings. The van der Waals surface area contributed by atoms with Crippen molar-refractivity contribution in [3.63, 3.8) is 0 Å². The van der Waals surface area contributed by atoms with Crippen LogP contribution >= 0.6 is 0 Å². The molecule has 5 heteroatoms. The van der Waals surface area contributed by atoms with Gasteiger partial charge in [0.15, 0.2) is 0 Å². The fraction of sp³-hybridized carbons (Fsp3) is 0.500. The molecule has 90 valence electrons. The van der Waals surface area contributed by atoms with Crippen molar-refractivity contribution in [3.8, 4) is 0 Å². The van der Waals surface area contributed by atoms with E-state index >= 15 is 0 Å². The second-order valence-electron chi connectivity index (χ2n) is 4.57. The van der Waals surface area contributed by atoms with Crippen molar-refractivity contribution in [2.75, 3.05) is 20.1 Å². The van der Waals surface area contributed by atoms with E-state index in [-0.39, 0.29) is 0 Å². The van der Waals surface area contributed by atoms with Gasteiger partial charge in [-0.25, -0.2) is 9.97 Å². The number of aromatic nitrogens is 3. The molecule has 3 heterocycles. The van der Waals surface area contributed by atoms with E-state index < -0.39 is 0 Å². The minimum absolute atomic E-state index is 0.630. The van der Waals surface area contributed by atoms with Crippen LogP contribution in [0.25, 0.3) is 5.78 Å². The smallest absolute Gasteiger partial charge is 0.233 e. The van der Waals surface area contributed by atoms with E-state index in [4.69, 9.17) is 0 Å². The molecule has 5 nitrogen and oxygen atoms in total. The zero-order valence-electron chi connectivity index (χ0n) is 10.0. The third kappa shape index (κ3) is 2.16. The summed E-state index contributed by atoms with van der Waals surface area (Å²) in [5.41, 5.74) is 1.10. The van der Waals surface area contributed by atoms with Crippen molar-refractivity contribution in [2.45, 2.75) is 19.0 Å². The fourth-order valence-electron chi connectivity index (χ4n) is 2.40. The topological polar surface area (TPSA) is 45.5 Å². The Hall–Kier alpha value is -1.46. The van der Waals surface area contributed by atoms with Crippen LogP contribution in [-0.4, -0.2) is 45.4 Å². The van der Waals surface area contributed by atoms with Crippen LogP contribution in [0.1, 0.15) is 12.1 Å². The van der Waals surface area contributed by atoms with Gasteiger partial charge in [-0.1, -0.05) is 0 Å². The highest BCUT2D eigenvalue weighted by Crippen LogP contribution is 2.12. The third-order valence-electron chi connectivity index (χ3n) is 3.35. The van der Waals surface area contributed by atoms with Crippen LogP contribution in [0.5, 0.6) is 0 Å². The van der Waals surface area contributed by atoms with Crippen LogP contribution in [0.2, 0.25) is 0 Å². The lowest BCUT2D eigenvalue weighted by Crippen LogP contribution is -2.29. The van der Waals surface area contributed by atoms with Crippen molar-refractivity contribution < 1.29 is 0 Å². The molecule has 1 saturated heterocycles. The predicted molar refractivity (Wildman–Crippen MR) is 65.7 cm³/mol. The number of rotatable bonds is 3. The lowest BCUT2D eigenvalue weighted by molar-refractivity contribution is 0.319. The molecule has 0 radical (unpaired) electrons. The van der Waals surface area contributed by atoms with Gasteiger partial charge in [-0.05, 0) is 19.5 Å². The van der Waals surface area contributed by atoms with Gasteiger partial charge in [0.1, 0.15) is 0 Å². The van der Waals surface area contributed by atoms with Crippen LogP contribution in [0.4, 0.5) is 0 Å². The SMILES string of the molecule is CNC1CCN(Cc2cn3cccnc3n2)C1.